The molecule has 0 unspecified atom stereocenters. The Kier molecular flexibility index (Phi) is 54.8. The Hall–Kier alpha value is -3.57. The van der Waals surface area contributed by atoms with E-state index in [4.69, 9.17) is 15.1 Å². The zero-order valence-electron chi connectivity index (χ0n) is 62.9. The Morgan fingerprint density at radius 1 is 0.180 bits per heavy atom. The summed E-state index contributed by atoms with van der Waals surface area (Å²) in [5.74, 6) is -28.0. The maximum absolute atomic E-state index is 14.1. The van der Waals surface area contributed by atoms with Crippen LogP contribution in [0, 0.1) is 87.3 Å². The molecular formula is C78H129BF15N3O3. The van der Waals surface area contributed by atoms with E-state index in [-0.39, 0.29) is 13.4 Å². The molecule has 0 spiro atoms. The van der Waals surface area contributed by atoms with E-state index in [1.165, 1.54) is 273 Å². The van der Waals surface area contributed by atoms with Gasteiger partial charge in [0.25, 0.3) is 0 Å². The van der Waals surface area contributed by atoms with Crippen LogP contribution in [-0.2, 0) is 0 Å². The lowest BCUT2D eigenvalue weighted by Gasteiger charge is -2.35. The first-order valence-corrected chi connectivity index (χ1v) is 38.5. The van der Waals surface area contributed by atoms with Gasteiger partial charge in [0.15, 0.2) is 0 Å². The average molecular weight is 1450 g/mol. The van der Waals surface area contributed by atoms with Gasteiger partial charge in [-0.3, -0.25) is 20.8 Å². The second-order valence-corrected chi connectivity index (χ2v) is 29.2. The van der Waals surface area contributed by atoms with Crippen LogP contribution in [0.5, 0.6) is 0 Å². The summed E-state index contributed by atoms with van der Waals surface area (Å²) in [7, 11) is 5.94. The SMILES string of the molecule is CCCCCCCCCCCCCCCCCC[N+](C)(C)c1c(F)c(F)c(F)c(F)c1F.CCCCCCCCCCCCCCCCCC[N+](C)(C)c1c(F)c(F)c(F)c(F)c1F.CCCCCCCCCCCCCCCCCC[N+](C)(C)c1c(F)c(F)c(F)c(F)c1F.[O-]B([O-])[O-]. The largest absolute Gasteiger partial charge is 0.907 e. The van der Waals surface area contributed by atoms with Gasteiger partial charge in [-0.15, -0.1) is 0 Å². The Morgan fingerprint density at radius 2 is 0.270 bits per heavy atom. The number of quaternary nitrogens is 3. The predicted molar refractivity (Wildman–Crippen MR) is 379 cm³/mol. The Bertz CT molecular complexity index is 2240. The second kappa shape index (κ2) is 56.8. The van der Waals surface area contributed by atoms with E-state index >= 15 is 0 Å². The molecule has 0 N–H and O–H groups in total. The number of benzene rings is 3. The molecule has 0 aliphatic heterocycles. The fourth-order valence-electron chi connectivity index (χ4n) is 12.9. The van der Waals surface area contributed by atoms with Gasteiger partial charge in [0, 0.05) is 0 Å². The number of nitrogens with zero attached hydrogens (tertiary/aromatic N) is 3. The molecule has 0 atom stereocenters. The highest BCUT2D eigenvalue weighted by Gasteiger charge is 2.39. The van der Waals surface area contributed by atoms with Gasteiger partial charge in [-0.2, -0.15) is 26.3 Å². The summed E-state index contributed by atoms with van der Waals surface area (Å²) in [4.78, 5) is 0. The van der Waals surface area contributed by atoms with Crippen LogP contribution in [0.15, 0.2) is 0 Å². The quantitative estimate of drug-likeness (QED) is 0.0141. The first-order chi connectivity index (χ1) is 47.4. The van der Waals surface area contributed by atoms with E-state index in [2.05, 4.69) is 20.8 Å². The molecule has 3 aromatic carbocycles. The summed E-state index contributed by atoms with van der Waals surface area (Å²) in [6.45, 7) is 7.68. The summed E-state index contributed by atoms with van der Waals surface area (Å²) >= 11 is 0. The summed E-state index contributed by atoms with van der Waals surface area (Å²) in [5.41, 5.74) is -2.29. The minimum Gasteiger partial charge on any atom is -0.907 e. The highest BCUT2D eigenvalue weighted by atomic mass is 19.2. The second-order valence-electron chi connectivity index (χ2n) is 29.2. The fourth-order valence-corrected chi connectivity index (χ4v) is 12.9. The Balaban J connectivity index is 0.00000143. The van der Waals surface area contributed by atoms with Crippen molar-refractivity contribution >= 4 is 24.4 Å². The van der Waals surface area contributed by atoms with Gasteiger partial charge < -0.3 is 15.1 Å². The van der Waals surface area contributed by atoms with Crippen LogP contribution in [0.2, 0.25) is 0 Å². The molecule has 0 aromatic heterocycles. The molecule has 0 aliphatic rings. The average Bonchev–Trinajstić information content (AvgIpc) is 0.790. The molecular weight excluding hydrogens is 1320 g/mol. The summed E-state index contributed by atoms with van der Waals surface area (Å²) < 4.78 is 204. The van der Waals surface area contributed by atoms with Gasteiger partial charge in [-0.1, -0.05) is 290 Å². The maximum atomic E-state index is 14.1. The van der Waals surface area contributed by atoms with Crippen molar-refractivity contribution in [2.75, 3.05) is 61.9 Å². The van der Waals surface area contributed by atoms with Crippen molar-refractivity contribution in [3.63, 3.8) is 0 Å². The predicted octanol–water partition coefficient (Wildman–Crippen LogP) is 23.7. The molecule has 3 aromatic rings. The molecule has 0 heterocycles. The summed E-state index contributed by atoms with van der Waals surface area (Å²) in [6.07, 6.45) is 58.7. The molecule has 3 rings (SSSR count). The van der Waals surface area contributed by atoms with Gasteiger partial charge in [0.2, 0.25) is 104 Å². The fraction of sp³-hybridized carbons (Fsp3) is 0.769. The van der Waals surface area contributed by atoms with Crippen molar-refractivity contribution in [2.24, 2.45) is 0 Å². The van der Waals surface area contributed by atoms with Crippen LogP contribution >= 0.6 is 0 Å². The zero-order valence-corrected chi connectivity index (χ0v) is 62.9. The van der Waals surface area contributed by atoms with Crippen molar-refractivity contribution in [3.05, 3.63) is 87.3 Å². The van der Waals surface area contributed by atoms with Crippen molar-refractivity contribution < 1.29 is 80.9 Å². The normalized spacial score (nSPS) is 11.8. The third-order valence-corrected chi connectivity index (χ3v) is 19.1. The standard InChI is InChI=1S/3C26H43F5N.BO3/c3*1-4-5-6-7-8-9-10-11-12-13-14-15-16-17-18-19-20-32(2,3)26-24(30)22(28)21(27)23(29)25(26)31;2-1(3)4/h3*4-20H2,1-3H3;/q3*+1;-3. The monoisotopic (exact) mass is 1450 g/mol. The molecule has 0 radical (unpaired) electrons. The van der Waals surface area contributed by atoms with Crippen LogP contribution < -0.4 is 28.5 Å². The molecule has 0 fully saturated rings. The molecule has 0 aliphatic carbocycles. The Morgan fingerprint density at radius 3 is 0.380 bits per heavy atom. The van der Waals surface area contributed by atoms with Gasteiger partial charge in [0.1, 0.15) is 0 Å². The number of halogens is 15. The van der Waals surface area contributed by atoms with Crippen molar-refractivity contribution in [2.45, 2.75) is 329 Å². The van der Waals surface area contributed by atoms with E-state index in [1.807, 2.05) is 0 Å². The van der Waals surface area contributed by atoms with Crippen molar-refractivity contribution in [3.8, 4) is 0 Å². The van der Waals surface area contributed by atoms with Gasteiger partial charge in [-0.05, 0) is 38.5 Å². The van der Waals surface area contributed by atoms with Crippen LogP contribution in [0.3, 0.4) is 0 Å². The lowest BCUT2D eigenvalue weighted by molar-refractivity contribution is -0.479. The van der Waals surface area contributed by atoms with E-state index in [1.54, 1.807) is 0 Å². The highest BCUT2D eigenvalue weighted by Crippen LogP contribution is 2.36. The van der Waals surface area contributed by atoms with Crippen molar-refractivity contribution in [1.29, 1.82) is 0 Å². The number of hydrogen-bond acceptors (Lipinski definition) is 3. The zero-order chi connectivity index (χ0) is 75.5. The van der Waals surface area contributed by atoms with Gasteiger partial charge in [-0.25, -0.2) is 39.5 Å². The molecule has 100 heavy (non-hydrogen) atoms. The minimum absolute atomic E-state index is 0.316. The van der Waals surface area contributed by atoms with E-state index in [0.29, 0.717) is 38.9 Å². The molecule has 0 bridgehead atoms. The van der Waals surface area contributed by atoms with Crippen LogP contribution in [-0.4, -0.2) is 69.2 Å². The van der Waals surface area contributed by atoms with E-state index < -0.39 is 112 Å². The first kappa shape index (κ1) is 96.4. The van der Waals surface area contributed by atoms with Crippen LogP contribution in [0.4, 0.5) is 82.9 Å². The number of hydrogen-bond donors (Lipinski definition) is 0. The summed E-state index contributed by atoms with van der Waals surface area (Å²) in [5, 5.41) is 25.2. The number of unbranched alkanes of at least 4 members (excludes halogenated alkanes) is 45. The highest BCUT2D eigenvalue weighted by molar-refractivity contribution is 6.24. The molecule has 22 heteroatoms. The third kappa shape index (κ3) is 40.1. The number of rotatable bonds is 54. The van der Waals surface area contributed by atoms with Crippen molar-refractivity contribution in [1.82, 2.24) is 13.4 Å². The van der Waals surface area contributed by atoms with Crippen LogP contribution in [0.1, 0.15) is 329 Å². The first-order valence-electron chi connectivity index (χ1n) is 38.5. The van der Waals surface area contributed by atoms with E-state index in [0.717, 1.165) is 57.8 Å². The lowest BCUT2D eigenvalue weighted by Crippen LogP contribution is -2.56. The molecule has 0 saturated carbocycles. The topological polar surface area (TPSA) is 69.2 Å². The minimum atomic E-state index is -2.92. The van der Waals surface area contributed by atoms with E-state index in [9.17, 15) is 65.9 Å². The third-order valence-electron chi connectivity index (χ3n) is 19.1. The smallest absolute Gasteiger partial charge is 0.225 e. The van der Waals surface area contributed by atoms with Gasteiger partial charge >= 0.3 is 0 Å². The molecule has 0 saturated heterocycles. The molecule has 6 nitrogen and oxygen atoms in total. The summed E-state index contributed by atoms with van der Waals surface area (Å²) in [6, 6.07) is 0. The van der Waals surface area contributed by atoms with Crippen LogP contribution in [0.25, 0.3) is 0 Å². The van der Waals surface area contributed by atoms with Gasteiger partial charge in [0.05, 0.1) is 61.9 Å². The molecule has 0 amide bonds. The lowest BCUT2D eigenvalue weighted by atomic mass is 10.0. The molecule has 582 valence electrons. The Labute approximate surface area is 594 Å². The maximum Gasteiger partial charge on any atom is 0.225 e.